The highest BCUT2D eigenvalue weighted by Gasteiger charge is 2.33. The second kappa shape index (κ2) is 4.57. The van der Waals surface area contributed by atoms with Crippen molar-refractivity contribution in [1.29, 1.82) is 0 Å². The van der Waals surface area contributed by atoms with Gasteiger partial charge in [-0.2, -0.15) is 0 Å². The summed E-state index contributed by atoms with van der Waals surface area (Å²) in [7, 11) is 0. The van der Waals surface area contributed by atoms with Crippen molar-refractivity contribution in [1.82, 2.24) is 5.32 Å². The van der Waals surface area contributed by atoms with Gasteiger partial charge in [0.1, 0.15) is 0 Å². The van der Waals surface area contributed by atoms with Crippen LogP contribution in [0.4, 0.5) is 11.4 Å². The molecule has 19 heavy (non-hydrogen) atoms. The van der Waals surface area contributed by atoms with E-state index < -0.39 is 0 Å². The molecule has 1 aromatic rings. The molecule has 1 atom stereocenters. The molecule has 2 aliphatic heterocycles. The second-order valence-corrected chi connectivity index (χ2v) is 5.14. The average molecular weight is 259 g/mol. The number of nitrogens with zero attached hydrogens (tertiary/aromatic N) is 1. The van der Waals surface area contributed by atoms with Crippen molar-refractivity contribution in [2.75, 3.05) is 23.7 Å². The van der Waals surface area contributed by atoms with Gasteiger partial charge in [-0.1, -0.05) is 6.07 Å². The number of benzene rings is 1. The fourth-order valence-electron chi connectivity index (χ4n) is 2.88. The summed E-state index contributed by atoms with van der Waals surface area (Å²) in [5.41, 5.74) is 8.69. The molecule has 0 bridgehead atoms. The van der Waals surface area contributed by atoms with E-state index in [4.69, 9.17) is 5.73 Å². The van der Waals surface area contributed by atoms with Crippen LogP contribution in [0.3, 0.4) is 0 Å². The zero-order chi connectivity index (χ0) is 13.4. The number of anilines is 2. The van der Waals surface area contributed by atoms with Crippen molar-refractivity contribution in [3.05, 3.63) is 23.8 Å². The largest absolute Gasteiger partial charge is 0.398 e. The maximum Gasteiger partial charge on any atom is 0.232 e. The highest BCUT2D eigenvalue weighted by molar-refractivity contribution is 6.00. The van der Waals surface area contributed by atoms with Crippen molar-refractivity contribution in [3.63, 3.8) is 0 Å². The maximum absolute atomic E-state index is 12.5. The third-order valence-electron chi connectivity index (χ3n) is 3.88. The first kappa shape index (κ1) is 12.0. The number of rotatable bonds is 1. The Morgan fingerprint density at radius 3 is 3.00 bits per heavy atom. The summed E-state index contributed by atoms with van der Waals surface area (Å²) < 4.78 is 0. The Morgan fingerprint density at radius 2 is 2.26 bits per heavy atom. The predicted molar refractivity (Wildman–Crippen MR) is 72.6 cm³/mol. The Hall–Kier alpha value is -2.04. The number of nitrogen functional groups attached to an aromatic ring is 1. The van der Waals surface area contributed by atoms with E-state index in [2.05, 4.69) is 5.32 Å². The average Bonchev–Trinajstić information content (AvgIpc) is 2.85. The molecule has 1 fully saturated rings. The van der Waals surface area contributed by atoms with Gasteiger partial charge in [0.25, 0.3) is 0 Å². The zero-order valence-electron chi connectivity index (χ0n) is 10.7. The summed E-state index contributed by atoms with van der Waals surface area (Å²) in [6.07, 6.45) is 2.13. The number of hydrogen-bond donors (Lipinski definition) is 2. The Kier molecular flexibility index (Phi) is 2.89. The summed E-state index contributed by atoms with van der Waals surface area (Å²) >= 11 is 0. The van der Waals surface area contributed by atoms with Crippen molar-refractivity contribution < 1.29 is 9.59 Å². The van der Waals surface area contributed by atoms with Crippen molar-refractivity contribution in [2.24, 2.45) is 5.92 Å². The van der Waals surface area contributed by atoms with Gasteiger partial charge >= 0.3 is 0 Å². The molecule has 0 saturated carbocycles. The van der Waals surface area contributed by atoms with Crippen LogP contribution in [-0.4, -0.2) is 24.9 Å². The molecule has 1 aromatic carbocycles. The zero-order valence-corrected chi connectivity index (χ0v) is 10.7. The molecule has 0 aliphatic carbocycles. The van der Waals surface area contributed by atoms with Gasteiger partial charge in [-0.3, -0.25) is 9.59 Å². The molecule has 3 N–H and O–H groups in total. The molecule has 1 saturated heterocycles. The summed E-state index contributed by atoms with van der Waals surface area (Å²) in [5, 5.41) is 2.71. The minimum atomic E-state index is -0.236. The van der Waals surface area contributed by atoms with Crippen LogP contribution in [0, 0.1) is 5.92 Å². The van der Waals surface area contributed by atoms with Crippen molar-refractivity contribution >= 4 is 23.2 Å². The van der Waals surface area contributed by atoms with Gasteiger partial charge in [-0.15, -0.1) is 0 Å². The monoisotopic (exact) mass is 259 g/mol. The first-order valence-electron chi connectivity index (χ1n) is 6.62. The fourth-order valence-corrected chi connectivity index (χ4v) is 2.88. The van der Waals surface area contributed by atoms with Crippen LogP contribution in [0.15, 0.2) is 18.2 Å². The van der Waals surface area contributed by atoms with E-state index in [-0.39, 0.29) is 17.7 Å². The Morgan fingerprint density at radius 1 is 1.42 bits per heavy atom. The number of carbonyl (C=O) groups is 2. The Balaban J connectivity index is 1.89. The van der Waals surface area contributed by atoms with E-state index >= 15 is 0 Å². The topological polar surface area (TPSA) is 75.4 Å². The minimum Gasteiger partial charge on any atom is -0.398 e. The highest BCUT2D eigenvalue weighted by Crippen LogP contribution is 2.32. The molecular formula is C14H17N3O2. The highest BCUT2D eigenvalue weighted by atomic mass is 16.2. The number of hydrogen-bond acceptors (Lipinski definition) is 3. The van der Waals surface area contributed by atoms with Gasteiger partial charge in [0.2, 0.25) is 11.8 Å². The number of nitrogens with one attached hydrogen (secondary N) is 1. The standard InChI is InChI=1S/C14H17N3O2/c15-11-4-1-5-12-10(11)3-2-6-17(12)14(19)9-7-13(18)16-8-9/h1,4-5,9H,2-3,6-8,15H2,(H,16,18). The smallest absolute Gasteiger partial charge is 0.232 e. The first-order valence-corrected chi connectivity index (χ1v) is 6.62. The molecule has 5 nitrogen and oxygen atoms in total. The van der Waals surface area contributed by atoms with E-state index in [0.29, 0.717) is 19.5 Å². The van der Waals surface area contributed by atoms with Gasteiger partial charge in [0.15, 0.2) is 0 Å². The normalized spacial score (nSPS) is 22.0. The van der Waals surface area contributed by atoms with Crippen LogP contribution in [0.1, 0.15) is 18.4 Å². The molecule has 2 aliphatic rings. The Bertz CT molecular complexity index is 541. The summed E-state index contributed by atoms with van der Waals surface area (Å²) in [4.78, 5) is 25.5. The van der Waals surface area contributed by atoms with Crippen molar-refractivity contribution in [2.45, 2.75) is 19.3 Å². The lowest BCUT2D eigenvalue weighted by Gasteiger charge is -2.31. The molecule has 0 radical (unpaired) electrons. The van der Waals surface area contributed by atoms with Gasteiger partial charge in [-0.05, 0) is 30.5 Å². The van der Waals surface area contributed by atoms with E-state index in [0.717, 1.165) is 29.8 Å². The minimum absolute atomic E-state index is 0.0323. The molecule has 2 heterocycles. The summed E-state index contributed by atoms with van der Waals surface area (Å²) in [6.45, 7) is 1.16. The number of amides is 2. The number of nitrogens with two attached hydrogens (primary N) is 1. The van der Waals surface area contributed by atoms with E-state index in [1.165, 1.54) is 0 Å². The van der Waals surface area contributed by atoms with Gasteiger partial charge in [-0.25, -0.2) is 0 Å². The van der Waals surface area contributed by atoms with Crippen LogP contribution in [0.25, 0.3) is 0 Å². The molecule has 0 spiro atoms. The van der Waals surface area contributed by atoms with E-state index in [9.17, 15) is 9.59 Å². The van der Waals surface area contributed by atoms with E-state index in [1.807, 2.05) is 18.2 Å². The molecule has 1 unspecified atom stereocenters. The maximum atomic E-state index is 12.5. The lowest BCUT2D eigenvalue weighted by molar-refractivity contribution is -0.124. The molecule has 3 rings (SSSR count). The second-order valence-electron chi connectivity index (χ2n) is 5.14. The van der Waals surface area contributed by atoms with Crippen LogP contribution in [-0.2, 0) is 16.0 Å². The summed E-state index contributed by atoms with van der Waals surface area (Å²) in [5.74, 6) is -0.243. The van der Waals surface area contributed by atoms with E-state index in [1.54, 1.807) is 4.90 Å². The first-order chi connectivity index (χ1) is 9.16. The lowest BCUT2D eigenvalue weighted by Crippen LogP contribution is -2.40. The Labute approximate surface area is 111 Å². The third kappa shape index (κ3) is 2.05. The van der Waals surface area contributed by atoms with Crippen LogP contribution in [0.2, 0.25) is 0 Å². The molecular weight excluding hydrogens is 242 g/mol. The lowest BCUT2D eigenvalue weighted by atomic mass is 9.97. The predicted octanol–water partition coefficient (Wildman–Crippen LogP) is 0.684. The SMILES string of the molecule is Nc1cccc2c1CCCN2C(=O)C1CNC(=O)C1. The number of carbonyl (C=O) groups excluding carboxylic acids is 2. The fraction of sp³-hybridized carbons (Fsp3) is 0.429. The molecule has 0 aromatic heterocycles. The molecule has 5 heteroatoms. The molecule has 2 amide bonds. The summed E-state index contributed by atoms with van der Waals surface area (Å²) in [6, 6.07) is 5.68. The van der Waals surface area contributed by atoms with Gasteiger partial charge in [0.05, 0.1) is 5.92 Å². The van der Waals surface area contributed by atoms with Gasteiger partial charge < -0.3 is 16.0 Å². The quantitative estimate of drug-likeness (QED) is 0.728. The third-order valence-corrected chi connectivity index (χ3v) is 3.88. The van der Waals surface area contributed by atoms with Crippen LogP contribution in [0.5, 0.6) is 0 Å². The number of fused-ring (bicyclic) bond motifs is 1. The van der Waals surface area contributed by atoms with Crippen LogP contribution >= 0.6 is 0 Å². The molecule has 100 valence electrons. The van der Waals surface area contributed by atoms with Crippen molar-refractivity contribution in [3.8, 4) is 0 Å². The van der Waals surface area contributed by atoms with Crippen LogP contribution < -0.4 is 16.0 Å². The van der Waals surface area contributed by atoms with Gasteiger partial charge in [0, 0.05) is 30.9 Å².